The summed E-state index contributed by atoms with van der Waals surface area (Å²) in [5, 5.41) is 3.36. The van der Waals surface area contributed by atoms with Gasteiger partial charge in [0.15, 0.2) is 0 Å². The van der Waals surface area contributed by atoms with Crippen LogP contribution in [-0.4, -0.2) is 30.5 Å². The molecule has 1 saturated heterocycles. The molecule has 4 atom stereocenters. The second kappa shape index (κ2) is 6.05. The number of carbonyl (C=O) groups excluding carboxylic acids is 1. The summed E-state index contributed by atoms with van der Waals surface area (Å²) in [6, 6.07) is 0. The molecule has 0 aromatic rings. The minimum absolute atomic E-state index is 0.0559. The Morgan fingerprint density at radius 1 is 1.41 bits per heavy atom. The normalized spacial score (nSPS) is 38.0. The fraction of sp³-hybridized carbons (Fsp3) is 0.923. The second-order valence-electron chi connectivity index (χ2n) is 5.45. The summed E-state index contributed by atoms with van der Waals surface area (Å²) < 4.78 is 5.41. The van der Waals surface area contributed by atoms with Crippen molar-refractivity contribution in [3.8, 4) is 0 Å². The Balaban J connectivity index is 1.69. The van der Waals surface area contributed by atoms with Crippen molar-refractivity contribution in [2.75, 3.05) is 13.2 Å². The average Bonchev–Trinajstić information content (AvgIpc) is 2.73. The molecule has 4 unspecified atom stereocenters. The summed E-state index contributed by atoms with van der Waals surface area (Å²) in [6.45, 7) is 3.38. The van der Waals surface area contributed by atoms with E-state index in [2.05, 4.69) is 5.32 Å². The average molecular weight is 260 g/mol. The minimum atomic E-state index is 0.0559. The number of ether oxygens (including phenoxy) is 1. The van der Waals surface area contributed by atoms with Gasteiger partial charge in [-0.3, -0.25) is 4.79 Å². The summed E-state index contributed by atoms with van der Waals surface area (Å²) in [5.41, 5.74) is 0. The maximum atomic E-state index is 11.9. The molecule has 1 heterocycles. The van der Waals surface area contributed by atoms with Crippen molar-refractivity contribution in [1.29, 1.82) is 0 Å². The highest BCUT2D eigenvalue weighted by Crippen LogP contribution is 2.27. The Morgan fingerprint density at radius 3 is 2.88 bits per heavy atom. The lowest BCUT2D eigenvalue weighted by molar-refractivity contribution is -0.125. The Labute approximate surface area is 108 Å². The number of amides is 1. The van der Waals surface area contributed by atoms with Gasteiger partial charge in [-0.15, -0.1) is 11.6 Å². The Kier molecular flexibility index (Phi) is 4.69. The van der Waals surface area contributed by atoms with Gasteiger partial charge in [0.05, 0.1) is 18.6 Å². The van der Waals surface area contributed by atoms with Gasteiger partial charge in [0.1, 0.15) is 0 Å². The highest BCUT2D eigenvalue weighted by molar-refractivity contribution is 6.20. The molecule has 0 radical (unpaired) electrons. The number of carbonyl (C=O) groups is 1. The zero-order valence-electron chi connectivity index (χ0n) is 10.5. The third-order valence-electron chi connectivity index (χ3n) is 3.85. The predicted octanol–water partition coefficient (Wildman–Crippen LogP) is 2.33. The van der Waals surface area contributed by atoms with Crippen LogP contribution in [-0.2, 0) is 9.53 Å². The van der Waals surface area contributed by atoms with E-state index in [4.69, 9.17) is 16.3 Å². The van der Waals surface area contributed by atoms with E-state index in [1.165, 1.54) is 12.8 Å². The quantitative estimate of drug-likeness (QED) is 0.790. The highest BCUT2D eigenvalue weighted by atomic mass is 35.5. The molecule has 0 spiro atoms. The molecule has 4 heteroatoms. The van der Waals surface area contributed by atoms with Gasteiger partial charge in [0, 0.05) is 11.9 Å². The lowest BCUT2D eigenvalue weighted by atomic mass is 9.89. The zero-order valence-corrected chi connectivity index (χ0v) is 11.2. The van der Waals surface area contributed by atoms with Crippen LogP contribution >= 0.6 is 11.6 Å². The fourth-order valence-electron chi connectivity index (χ4n) is 2.80. The lowest BCUT2D eigenvalue weighted by Crippen LogP contribution is -2.36. The van der Waals surface area contributed by atoms with E-state index in [1.54, 1.807) is 0 Å². The predicted molar refractivity (Wildman–Crippen MR) is 68.1 cm³/mol. The monoisotopic (exact) mass is 259 g/mol. The molecule has 0 bridgehead atoms. The molecular weight excluding hydrogens is 238 g/mol. The van der Waals surface area contributed by atoms with Crippen molar-refractivity contribution in [1.82, 2.24) is 5.32 Å². The van der Waals surface area contributed by atoms with Crippen molar-refractivity contribution in [2.24, 2.45) is 11.8 Å². The first kappa shape index (κ1) is 13.2. The van der Waals surface area contributed by atoms with Crippen LogP contribution in [0.1, 0.15) is 39.0 Å². The first-order valence-corrected chi connectivity index (χ1v) is 7.12. The molecule has 1 aliphatic carbocycles. The van der Waals surface area contributed by atoms with Gasteiger partial charge < -0.3 is 10.1 Å². The van der Waals surface area contributed by atoms with Crippen LogP contribution < -0.4 is 5.32 Å². The third kappa shape index (κ3) is 3.85. The van der Waals surface area contributed by atoms with Gasteiger partial charge in [-0.05, 0) is 38.5 Å². The topological polar surface area (TPSA) is 38.3 Å². The molecule has 2 rings (SSSR count). The molecule has 3 nitrogen and oxygen atoms in total. The molecule has 1 aliphatic heterocycles. The summed E-state index contributed by atoms with van der Waals surface area (Å²) in [7, 11) is 0. The summed E-state index contributed by atoms with van der Waals surface area (Å²) in [6.07, 6.45) is 5.64. The SMILES string of the molecule is CC1CC(C(=O)NCC2CCCC(Cl)C2)CO1. The zero-order chi connectivity index (χ0) is 12.3. The summed E-state index contributed by atoms with van der Waals surface area (Å²) in [4.78, 5) is 11.9. The van der Waals surface area contributed by atoms with E-state index in [9.17, 15) is 4.79 Å². The van der Waals surface area contributed by atoms with Crippen LogP contribution in [0.4, 0.5) is 0 Å². The summed E-state index contributed by atoms with van der Waals surface area (Å²) >= 11 is 6.14. The molecule has 1 saturated carbocycles. The fourth-order valence-corrected chi connectivity index (χ4v) is 3.21. The van der Waals surface area contributed by atoms with E-state index in [0.717, 1.165) is 25.8 Å². The molecule has 1 N–H and O–H groups in total. The molecule has 98 valence electrons. The first-order chi connectivity index (χ1) is 8.15. The van der Waals surface area contributed by atoms with Crippen LogP contribution in [0.3, 0.4) is 0 Å². The molecule has 0 aromatic heterocycles. The highest BCUT2D eigenvalue weighted by Gasteiger charge is 2.29. The standard InChI is InChI=1S/C13H22ClNO2/c1-9-5-11(8-17-9)13(16)15-7-10-3-2-4-12(14)6-10/h9-12H,2-8H2,1H3,(H,15,16). The first-order valence-electron chi connectivity index (χ1n) is 6.68. The molecule has 2 aliphatic rings. The molecular formula is C13H22ClNO2. The van der Waals surface area contributed by atoms with Crippen molar-refractivity contribution < 1.29 is 9.53 Å². The Bertz CT molecular complexity index is 272. The van der Waals surface area contributed by atoms with Crippen LogP contribution in [0.25, 0.3) is 0 Å². The number of rotatable bonds is 3. The third-order valence-corrected chi connectivity index (χ3v) is 4.25. The van der Waals surface area contributed by atoms with E-state index in [-0.39, 0.29) is 17.9 Å². The smallest absolute Gasteiger partial charge is 0.225 e. The molecule has 17 heavy (non-hydrogen) atoms. The Morgan fingerprint density at radius 2 is 2.24 bits per heavy atom. The Hall–Kier alpha value is -0.280. The summed E-state index contributed by atoms with van der Waals surface area (Å²) in [5.74, 6) is 0.779. The van der Waals surface area contributed by atoms with Crippen LogP contribution in [0.5, 0.6) is 0 Å². The van der Waals surface area contributed by atoms with Gasteiger partial charge in [-0.2, -0.15) is 0 Å². The van der Waals surface area contributed by atoms with Gasteiger partial charge >= 0.3 is 0 Å². The number of hydrogen-bond acceptors (Lipinski definition) is 2. The maximum absolute atomic E-state index is 11.9. The minimum Gasteiger partial charge on any atom is -0.378 e. The van der Waals surface area contributed by atoms with Gasteiger partial charge in [-0.25, -0.2) is 0 Å². The van der Waals surface area contributed by atoms with E-state index >= 15 is 0 Å². The number of nitrogens with one attached hydrogen (secondary N) is 1. The van der Waals surface area contributed by atoms with Crippen molar-refractivity contribution >= 4 is 17.5 Å². The largest absolute Gasteiger partial charge is 0.378 e. The van der Waals surface area contributed by atoms with Crippen LogP contribution in [0.2, 0.25) is 0 Å². The van der Waals surface area contributed by atoms with Gasteiger partial charge in [-0.1, -0.05) is 6.42 Å². The van der Waals surface area contributed by atoms with Crippen molar-refractivity contribution in [3.05, 3.63) is 0 Å². The lowest BCUT2D eigenvalue weighted by Gasteiger charge is -2.25. The molecule has 1 amide bonds. The van der Waals surface area contributed by atoms with E-state index in [0.29, 0.717) is 17.9 Å². The van der Waals surface area contributed by atoms with Crippen molar-refractivity contribution in [3.63, 3.8) is 0 Å². The van der Waals surface area contributed by atoms with Crippen molar-refractivity contribution in [2.45, 2.75) is 50.5 Å². The maximum Gasteiger partial charge on any atom is 0.225 e. The van der Waals surface area contributed by atoms with Crippen LogP contribution in [0, 0.1) is 11.8 Å². The van der Waals surface area contributed by atoms with Gasteiger partial charge in [0.2, 0.25) is 5.91 Å². The molecule has 2 fully saturated rings. The van der Waals surface area contributed by atoms with E-state index < -0.39 is 0 Å². The number of halogens is 1. The van der Waals surface area contributed by atoms with E-state index in [1.807, 2.05) is 6.92 Å². The van der Waals surface area contributed by atoms with Gasteiger partial charge in [0.25, 0.3) is 0 Å². The number of alkyl halides is 1. The van der Waals surface area contributed by atoms with Crippen LogP contribution in [0.15, 0.2) is 0 Å². The second-order valence-corrected chi connectivity index (χ2v) is 6.07. The number of hydrogen-bond donors (Lipinski definition) is 1. The molecule has 0 aromatic carbocycles.